The average molecular weight is 572 g/mol. The molecule has 0 heterocycles. The molecule has 3 rings (SSSR count). The molecule has 38 heavy (non-hydrogen) atoms. The third kappa shape index (κ3) is 6.98. The molecule has 3 aromatic carbocycles. The van der Waals surface area contributed by atoms with Gasteiger partial charge in [-0.15, -0.1) is 0 Å². The van der Waals surface area contributed by atoms with E-state index >= 15 is 0 Å². The smallest absolute Gasteiger partial charge is 0.416 e. The van der Waals surface area contributed by atoms with Gasteiger partial charge in [0.25, 0.3) is 21.6 Å². The zero-order valence-corrected chi connectivity index (χ0v) is 20.7. The first-order valence-corrected chi connectivity index (χ1v) is 12.3. The molecule has 10 nitrogen and oxygen atoms in total. The summed E-state index contributed by atoms with van der Waals surface area (Å²) in [7, 11) is -4.30. The number of nitrogens with zero attached hydrogens (tertiary/aromatic N) is 1. The Kier molecular flexibility index (Phi) is 8.27. The number of nitro groups is 1. The molecule has 2 N–H and O–H groups in total. The lowest BCUT2D eigenvalue weighted by atomic mass is 10.2. The molecular weight excluding hydrogens is 555 g/mol. The number of amides is 1. The van der Waals surface area contributed by atoms with Crippen molar-refractivity contribution < 1.29 is 40.8 Å². The monoisotopic (exact) mass is 571 g/mol. The van der Waals surface area contributed by atoms with Gasteiger partial charge in [0.15, 0.2) is 6.10 Å². The Bertz CT molecular complexity index is 1500. The number of hydrogen-bond donors (Lipinski definition) is 2. The number of non-ortho nitro benzene ring substituents is 1. The van der Waals surface area contributed by atoms with Crippen LogP contribution in [-0.4, -0.2) is 31.3 Å². The van der Waals surface area contributed by atoms with Crippen LogP contribution in [0.5, 0.6) is 0 Å². The predicted molar refractivity (Wildman–Crippen MR) is 130 cm³/mol. The molecule has 0 aromatic heterocycles. The van der Waals surface area contributed by atoms with Crippen LogP contribution in [0, 0.1) is 10.1 Å². The van der Waals surface area contributed by atoms with Crippen molar-refractivity contribution in [2.75, 3.05) is 10.0 Å². The minimum absolute atomic E-state index is 0.0121. The fraction of sp³-hybridized carbons (Fsp3) is 0.130. The van der Waals surface area contributed by atoms with E-state index in [0.717, 1.165) is 54.6 Å². The molecule has 0 aliphatic heterocycles. The number of sulfonamides is 1. The van der Waals surface area contributed by atoms with Gasteiger partial charge >= 0.3 is 12.1 Å². The van der Waals surface area contributed by atoms with Gasteiger partial charge in [0.1, 0.15) is 0 Å². The highest BCUT2D eigenvalue weighted by Crippen LogP contribution is 2.31. The van der Waals surface area contributed by atoms with Gasteiger partial charge in [0.05, 0.1) is 31.7 Å². The zero-order valence-electron chi connectivity index (χ0n) is 19.2. The molecule has 0 saturated heterocycles. The van der Waals surface area contributed by atoms with Crippen molar-refractivity contribution in [1.29, 1.82) is 0 Å². The fourth-order valence-corrected chi connectivity index (χ4v) is 4.20. The average Bonchev–Trinajstić information content (AvgIpc) is 2.84. The number of benzene rings is 3. The molecule has 0 fully saturated rings. The first-order valence-electron chi connectivity index (χ1n) is 10.4. The zero-order chi connectivity index (χ0) is 28.3. The Balaban J connectivity index is 1.66. The minimum atomic E-state index is -4.66. The SMILES string of the molecule is C[C@@H](OC(=O)c1ccc(S(=O)(=O)Nc2cccc(C(F)(F)F)c2)cc1)C(=O)Nc1cc([N+](=O)[O-])ccc1Cl. The van der Waals surface area contributed by atoms with Gasteiger partial charge in [0, 0.05) is 17.8 Å². The van der Waals surface area contributed by atoms with Crippen molar-refractivity contribution in [3.05, 3.63) is 93.0 Å². The molecule has 0 saturated carbocycles. The van der Waals surface area contributed by atoms with Crippen molar-refractivity contribution in [3.8, 4) is 0 Å². The summed E-state index contributed by atoms with van der Waals surface area (Å²) >= 11 is 5.93. The fourth-order valence-electron chi connectivity index (χ4n) is 2.98. The molecule has 0 unspecified atom stereocenters. The summed E-state index contributed by atoms with van der Waals surface area (Å²) in [5, 5.41) is 13.2. The van der Waals surface area contributed by atoms with Gasteiger partial charge < -0.3 is 10.1 Å². The highest BCUT2D eigenvalue weighted by atomic mass is 35.5. The summed E-state index contributed by atoms with van der Waals surface area (Å²) in [5.74, 6) is -1.84. The van der Waals surface area contributed by atoms with E-state index < -0.39 is 44.7 Å². The Morgan fingerprint density at radius 3 is 2.32 bits per heavy atom. The number of rotatable bonds is 8. The Hall–Kier alpha value is -4.17. The third-order valence-corrected chi connectivity index (χ3v) is 6.64. The molecule has 0 aliphatic rings. The second-order valence-corrected chi connectivity index (χ2v) is 9.76. The quantitative estimate of drug-likeness (QED) is 0.213. The van der Waals surface area contributed by atoms with Gasteiger partial charge in [-0.1, -0.05) is 17.7 Å². The van der Waals surface area contributed by atoms with Gasteiger partial charge in [-0.3, -0.25) is 19.6 Å². The Labute approximate surface area is 218 Å². The number of nitro benzene ring substituents is 1. The first kappa shape index (κ1) is 28.4. The number of anilines is 2. The molecule has 0 aliphatic carbocycles. The summed E-state index contributed by atoms with van der Waals surface area (Å²) in [4.78, 5) is 34.7. The van der Waals surface area contributed by atoms with Crippen LogP contribution in [0.25, 0.3) is 0 Å². The number of carbonyl (C=O) groups is 2. The van der Waals surface area contributed by atoms with Gasteiger partial charge in [-0.05, 0) is 55.5 Å². The van der Waals surface area contributed by atoms with Crippen LogP contribution in [-0.2, 0) is 25.7 Å². The maximum Gasteiger partial charge on any atom is 0.416 e. The number of halogens is 4. The summed E-state index contributed by atoms with van der Waals surface area (Å²) in [6.07, 6.45) is -6.04. The van der Waals surface area contributed by atoms with E-state index in [-0.39, 0.29) is 32.5 Å². The number of carbonyl (C=O) groups excluding carboxylic acids is 2. The second kappa shape index (κ2) is 11.1. The summed E-state index contributed by atoms with van der Waals surface area (Å²) in [6, 6.07) is 11.2. The maximum absolute atomic E-state index is 12.9. The molecule has 1 atom stereocenters. The number of esters is 1. The molecule has 0 bridgehead atoms. The van der Waals surface area contributed by atoms with Gasteiger partial charge in [-0.25, -0.2) is 13.2 Å². The van der Waals surface area contributed by atoms with E-state index in [1.165, 1.54) is 13.0 Å². The van der Waals surface area contributed by atoms with Crippen LogP contribution < -0.4 is 10.0 Å². The van der Waals surface area contributed by atoms with Gasteiger partial charge in [0.2, 0.25) is 0 Å². The van der Waals surface area contributed by atoms with E-state index in [4.69, 9.17) is 16.3 Å². The molecule has 1 amide bonds. The molecular formula is C23H17ClF3N3O7S. The van der Waals surface area contributed by atoms with Crippen molar-refractivity contribution in [2.24, 2.45) is 0 Å². The Morgan fingerprint density at radius 2 is 1.71 bits per heavy atom. The highest BCUT2D eigenvalue weighted by molar-refractivity contribution is 7.92. The van der Waals surface area contributed by atoms with E-state index in [1.54, 1.807) is 0 Å². The number of hydrogen-bond acceptors (Lipinski definition) is 7. The summed E-state index contributed by atoms with van der Waals surface area (Å²) in [5.41, 5.74) is -1.88. The minimum Gasteiger partial charge on any atom is -0.449 e. The van der Waals surface area contributed by atoms with Crippen molar-refractivity contribution in [2.45, 2.75) is 24.1 Å². The van der Waals surface area contributed by atoms with Gasteiger partial charge in [-0.2, -0.15) is 13.2 Å². The van der Waals surface area contributed by atoms with Crippen LogP contribution in [0.2, 0.25) is 5.02 Å². The largest absolute Gasteiger partial charge is 0.449 e. The van der Waals surface area contributed by atoms with E-state index in [0.29, 0.717) is 6.07 Å². The molecule has 15 heteroatoms. The molecule has 3 aromatic rings. The van der Waals surface area contributed by atoms with E-state index in [1.807, 2.05) is 4.72 Å². The topological polar surface area (TPSA) is 145 Å². The highest BCUT2D eigenvalue weighted by Gasteiger charge is 2.31. The van der Waals surface area contributed by atoms with E-state index in [2.05, 4.69) is 5.32 Å². The second-order valence-electron chi connectivity index (χ2n) is 7.67. The maximum atomic E-state index is 12.9. The molecule has 0 spiro atoms. The first-order chi connectivity index (χ1) is 17.7. The van der Waals surface area contributed by atoms with Crippen molar-refractivity contribution in [1.82, 2.24) is 0 Å². The molecule has 200 valence electrons. The number of nitrogens with one attached hydrogen (secondary N) is 2. The van der Waals surface area contributed by atoms with Crippen LogP contribution in [0.3, 0.4) is 0 Å². The lowest BCUT2D eigenvalue weighted by molar-refractivity contribution is -0.384. The van der Waals surface area contributed by atoms with Crippen LogP contribution in [0.15, 0.2) is 71.6 Å². The van der Waals surface area contributed by atoms with Crippen LogP contribution >= 0.6 is 11.6 Å². The lowest BCUT2D eigenvalue weighted by Gasteiger charge is -2.14. The van der Waals surface area contributed by atoms with Crippen molar-refractivity contribution in [3.63, 3.8) is 0 Å². The summed E-state index contributed by atoms with van der Waals surface area (Å²) < 4.78 is 70.9. The standard InChI is InChI=1S/C23H17ClF3N3O7S/c1-13(21(31)28-20-12-17(30(33)34)7-10-19(20)24)37-22(32)14-5-8-18(9-6-14)38(35,36)29-16-4-2-3-15(11-16)23(25,26)27/h2-13,29H,1H3,(H,28,31)/t13-/m1/s1. The van der Waals surface area contributed by atoms with E-state index in [9.17, 15) is 41.3 Å². The van der Waals surface area contributed by atoms with Crippen LogP contribution in [0.1, 0.15) is 22.8 Å². The summed E-state index contributed by atoms with van der Waals surface area (Å²) in [6.45, 7) is 1.23. The van der Waals surface area contributed by atoms with Crippen molar-refractivity contribution >= 4 is 50.6 Å². The lowest BCUT2D eigenvalue weighted by Crippen LogP contribution is -2.30. The number of ether oxygens (including phenoxy) is 1. The molecule has 0 radical (unpaired) electrons. The van der Waals surface area contributed by atoms with Crippen LogP contribution in [0.4, 0.5) is 30.2 Å². The Morgan fingerprint density at radius 1 is 1.05 bits per heavy atom. The third-order valence-electron chi connectivity index (χ3n) is 4.91. The number of alkyl halides is 3. The normalized spacial score (nSPS) is 12.3. The predicted octanol–water partition coefficient (Wildman–Crippen LogP) is 5.25.